The molecule has 0 spiro atoms. The van der Waals surface area contributed by atoms with Crippen LogP contribution >= 0.6 is 11.6 Å². The Labute approximate surface area is 160 Å². The van der Waals surface area contributed by atoms with Crippen LogP contribution in [0.3, 0.4) is 0 Å². The molecule has 1 N–H and O–H groups in total. The molecular formula is C20H15ClN2O4. The number of fused-ring (bicyclic) bond motifs is 1. The first-order chi connectivity index (χ1) is 13.2. The SMILES string of the molecule is O=C(Nc1cccc(COc2ccc3c(c2)OCO3)c1)c1ccc(Cl)nc1. The molecule has 4 rings (SSSR count). The third kappa shape index (κ3) is 4.12. The zero-order chi connectivity index (χ0) is 18.6. The van der Waals surface area contributed by atoms with E-state index in [1.54, 1.807) is 18.2 Å². The number of pyridine rings is 1. The van der Waals surface area contributed by atoms with E-state index >= 15 is 0 Å². The number of aromatic nitrogens is 1. The van der Waals surface area contributed by atoms with Crippen LogP contribution in [0, 0.1) is 0 Å². The van der Waals surface area contributed by atoms with Gasteiger partial charge in [0.15, 0.2) is 11.5 Å². The highest BCUT2D eigenvalue weighted by Gasteiger charge is 2.13. The van der Waals surface area contributed by atoms with Gasteiger partial charge < -0.3 is 19.5 Å². The predicted molar refractivity (Wildman–Crippen MR) is 101 cm³/mol. The van der Waals surface area contributed by atoms with Crippen molar-refractivity contribution in [2.24, 2.45) is 0 Å². The van der Waals surface area contributed by atoms with Gasteiger partial charge in [0.25, 0.3) is 5.91 Å². The molecule has 0 fully saturated rings. The Kier molecular flexibility index (Phi) is 4.80. The highest BCUT2D eigenvalue weighted by molar-refractivity contribution is 6.29. The van der Waals surface area contributed by atoms with Gasteiger partial charge in [0, 0.05) is 18.0 Å². The van der Waals surface area contributed by atoms with E-state index < -0.39 is 0 Å². The number of benzene rings is 2. The van der Waals surface area contributed by atoms with Crippen molar-refractivity contribution < 1.29 is 19.0 Å². The number of hydrogen-bond donors (Lipinski definition) is 1. The fourth-order valence-corrected chi connectivity index (χ4v) is 2.70. The van der Waals surface area contributed by atoms with Crippen molar-refractivity contribution in [2.45, 2.75) is 6.61 Å². The van der Waals surface area contributed by atoms with Crippen LogP contribution in [-0.2, 0) is 6.61 Å². The fraction of sp³-hybridized carbons (Fsp3) is 0.100. The minimum absolute atomic E-state index is 0.226. The molecule has 0 aliphatic carbocycles. The zero-order valence-corrected chi connectivity index (χ0v) is 14.9. The summed E-state index contributed by atoms with van der Waals surface area (Å²) >= 11 is 5.74. The summed E-state index contributed by atoms with van der Waals surface area (Å²) in [6, 6.07) is 16.1. The average molecular weight is 383 g/mol. The molecule has 3 aromatic rings. The normalized spacial score (nSPS) is 11.9. The largest absolute Gasteiger partial charge is 0.489 e. The summed E-state index contributed by atoms with van der Waals surface area (Å²) in [6.45, 7) is 0.579. The number of anilines is 1. The van der Waals surface area contributed by atoms with Crippen LogP contribution in [-0.4, -0.2) is 17.7 Å². The van der Waals surface area contributed by atoms with E-state index in [0.717, 1.165) is 5.56 Å². The Morgan fingerprint density at radius 2 is 2.00 bits per heavy atom. The summed E-state index contributed by atoms with van der Waals surface area (Å²) < 4.78 is 16.4. The summed E-state index contributed by atoms with van der Waals surface area (Å²) in [5.74, 6) is 1.81. The lowest BCUT2D eigenvalue weighted by molar-refractivity contribution is 0.102. The lowest BCUT2D eigenvalue weighted by atomic mass is 10.2. The molecule has 1 aliphatic rings. The van der Waals surface area contributed by atoms with Crippen molar-refractivity contribution in [3.8, 4) is 17.2 Å². The molecule has 2 aromatic carbocycles. The van der Waals surface area contributed by atoms with Gasteiger partial charge in [-0.2, -0.15) is 0 Å². The first-order valence-electron chi connectivity index (χ1n) is 8.22. The van der Waals surface area contributed by atoms with E-state index in [1.165, 1.54) is 6.20 Å². The van der Waals surface area contributed by atoms with Crippen molar-refractivity contribution in [3.63, 3.8) is 0 Å². The van der Waals surface area contributed by atoms with E-state index in [9.17, 15) is 4.79 Å². The van der Waals surface area contributed by atoms with Crippen LogP contribution in [0.1, 0.15) is 15.9 Å². The van der Waals surface area contributed by atoms with Gasteiger partial charge >= 0.3 is 0 Å². The monoisotopic (exact) mass is 382 g/mol. The van der Waals surface area contributed by atoms with E-state index in [0.29, 0.717) is 40.3 Å². The Hall–Kier alpha value is -3.25. The maximum atomic E-state index is 12.3. The van der Waals surface area contributed by atoms with Gasteiger partial charge in [0.05, 0.1) is 5.56 Å². The van der Waals surface area contributed by atoms with Crippen molar-refractivity contribution in [1.82, 2.24) is 4.98 Å². The van der Waals surface area contributed by atoms with Crippen LogP contribution < -0.4 is 19.5 Å². The molecule has 27 heavy (non-hydrogen) atoms. The molecule has 7 heteroatoms. The summed E-state index contributed by atoms with van der Waals surface area (Å²) in [4.78, 5) is 16.2. The minimum Gasteiger partial charge on any atom is -0.489 e. The molecule has 0 atom stereocenters. The number of ether oxygens (including phenoxy) is 3. The average Bonchev–Trinajstić information content (AvgIpc) is 3.15. The molecular weight excluding hydrogens is 368 g/mol. The third-order valence-corrected chi connectivity index (χ3v) is 4.15. The number of nitrogens with zero attached hydrogens (tertiary/aromatic N) is 1. The van der Waals surface area contributed by atoms with Gasteiger partial charge in [-0.15, -0.1) is 0 Å². The van der Waals surface area contributed by atoms with Crippen LogP contribution in [0.25, 0.3) is 0 Å². The van der Waals surface area contributed by atoms with E-state index in [4.69, 9.17) is 25.8 Å². The standard InChI is InChI=1S/C20H15ClN2O4/c21-19-7-4-14(10-22-19)20(24)23-15-3-1-2-13(8-15)11-25-16-5-6-17-18(9-16)27-12-26-17/h1-10H,11-12H2,(H,23,24). The second-order valence-corrected chi connectivity index (χ2v) is 6.22. The number of hydrogen-bond acceptors (Lipinski definition) is 5. The first-order valence-corrected chi connectivity index (χ1v) is 8.59. The van der Waals surface area contributed by atoms with Gasteiger partial charge in [0.2, 0.25) is 6.79 Å². The van der Waals surface area contributed by atoms with Gasteiger partial charge in [0.1, 0.15) is 17.5 Å². The number of carbonyl (C=O) groups is 1. The summed E-state index contributed by atoms with van der Waals surface area (Å²) in [5, 5.41) is 3.18. The molecule has 0 saturated carbocycles. The topological polar surface area (TPSA) is 69.7 Å². The second kappa shape index (κ2) is 7.55. The van der Waals surface area contributed by atoms with Crippen LogP contribution in [0.5, 0.6) is 17.2 Å². The Morgan fingerprint density at radius 1 is 1.11 bits per heavy atom. The van der Waals surface area contributed by atoms with Gasteiger partial charge in [-0.25, -0.2) is 4.98 Å². The lowest BCUT2D eigenvalue weighted by Gasteiger charge is -2.09. The fourth-order valence-electron chi connectivity index (χ4n) is 2.59. The minimum atomic E-state index is -0.256. The van der Waals surface area contributed by atoms with Crippen molar-refractivity contribution in [1.29, 1.82) is 0 Å². The molecule has 0 saturated heterocycles. The number of amides is 1. The Balaban J connectivity index is 1.40. The predicted octanol–water partition coefficient (Wildman–Crippen LogP) is 4.30. The quantitative estimate of drug-likeness (QED) is 0.666. The maximum Gasteiger partial charge on any atom is 0.257 e. The number of rotatable bonds is 5. The van der Waals surface area contributed by atoms with E-state index in [1.807, 2.05) is 36.4 Å². The van der Waals surface area contributed by atoms with Crippen LogP contribution in [0.2, 0.25) is 5.15 Å². The molecule has 1 aromatic heterocycles. The summed E-state index contributed by atoms with van der Waals surface area (Å²) in [6.07, 6.45) is 1.43. The zero-order valence-electron chi connectivity index (χ0n) is 14.1. The second-order valence-electron chi connectivity index (χ2n) is 5.83. The molecule has 6 nitrogen and oxygen atoms in total. The summed E-state index contributed by atoms with van der Waals surface area (Å²) in [5.41, 5.74) is 2.02. The Bertz CT molecular complexity index is 976. The smallest absolute Gasteiger partial charge is 0.257 e. The number of nitrogens with one attached hydrogen (secondary N) is 1. The number of carbonyl (C=O) groups excluding carboxylic acids is 1. The van der Waals surface area contributed by atoms with Gasteiger partial charge in [-0.05, 0) is 42.0 Å². The molecule has 0 unspecified atom stereocenters. The van der Waals surface area contributed by atoms with Gasteiger partial charge in [-0.1, -0.05) is 23.7 Å². The molecule has 136 valence electrons. The van der Waals surface area contributed by atoms with Crippen LogP contribution in [0.4, 0.5) is 5.69 Å². The van der Waals surface area contributed by atoms with Crippen LogP contribution in [0.15, 0.2) is 60.8 Å². The summed E-state index contributed by atoms with van der Waals surface area (Å²) in [7, 11) is 0. The lowest BCUT2D eigenvalue weighted by Crippen LogP contribution is -2.12. The molecule has 0 radical (unpaired) electrons. The van der Waals surface area contributed by atoms with Crippen molar-refractivity contribution >= 4 is 23.2 Å². The first kappa shape index (κ1) is 17.2. The van der Waals surface area contributed by atoms with Gasteiger partial charge in [-0.3, -0.25) is 4.79 Å². The third-order valence-electron chi connectivity index (χ3n) is 3.92. The molecule has 1 aliphatic heterocycles. The van der Waals surface area contributed by atoms with E-state index in [2.05, 4.69) is 10.3 Å². The highest BCUT2D eigenvalue weighted by Crippen LogP contribution is 2.35. The van der Waals surface area contributed by atoms with Crippen molar-refractivity contribution in [2.75, 3.05) is 12.1 Å². The molecule has 1 amide bonds. The molecule has 0 bridgehead atoms. The maximum absolute atomic E-state index is 12.3. The highest BCUT2D eigenvalue weighted by atomic mass is 35.5. The molecule has 2 heterocycles. The van der Waals surface area contributed by atoms with Crippen molar-refractivity contribution in [3.05, 3.63) is 77.1 Å². The Morgan fingerprint density at radius 3 is 2.85 bits per heavy atom. The number of halogens is 1. The van der Waals surface area contributed by atoms with E-state index in [-0.39, 0.29) is 12.7 Å².